The molecule has 1 atom stereocenters. The molecule has 2 N–H and O–H groups in total. The number of hydrogen-bond donors (Lipinski definition) is 2. The molecule has 0 spiro atoms. The van der Waals surface area contributed by atoms with Gasteiger partial charge in [-0.15, -0.1) is 0 Å². The number of hydrogen-bond acceptors (Lipinski definition) is 2. The Balaban J connectivity index is 1.65. The zero-order chi connectivity index (χ0) is 13.1. The maximum absolute atomic E-state index is 12.1. The lowest BCUT2D eigenvalue weighted by atomic mass is 10.1. The van der Waals surface area contributed by atoms with E-state index in [9.17, 15) is 4.79 Å². The van der Waals surface area contributed by atoms with Crippen molar-refractivity contribution >= 4 is 28.6 Å². The van der Waals surface area contributed by atoms with E-state index in [1.165, 1.54) is 12.2 Å². The van der Waals surface area contributed by atoms with Crippen LogP contribution in [0.25, 0.3) is 10.9 Å². The van der Waals surface area contributed by atoms with Crippen molar-refractivity contribution in [1.82, 2.24) is 10.3 Å². The van der Waals surface area contributed by atoms with Gasteiger partial charge in [0.25, 0.3) is 0 Å². The van der Waals surface area contributed by atoms with E-state index in [2.05, 4.69) is 16.4 Å². The van der Waals surface area contributed by atoms with Crippen molar-refractivity contribution in [1.29, 1.82) is 0 Å². The predicted octanol–water partition coefficient (Wildman–Crippen LogP) is 2.72. The molecule has 1 aromatic heterocycles. The maximum Gasteiger partial charge on any atom is 0.224 e. The summed E-state index contributed by atoms with van der Waals surface area (Å²) in [4.78, 5) is 15.3. The van der Waals surface area contributed by atoms with E-state index in [1.807, 2.05) is 36.2 Å². The van der Waals surface area contributed by atoms with E-state index in [1.54, 1.807) is 0 Å². The first-order chi connectivity index (χ1) is 9.33. The summed E-state index contributed by atoms with van der Waals surface area (Å²) in [5, 5.41) is 4.30. The maximum atomic E-state index is 12.1. The number of benzene rings is 1. The van der Waals surface area contributed by atoms with Gasteiger partial charge in [0.1, 0.15) is 0 Å². The minimum Gasteiger partial charge on any atom is -0.361 e. The average molecular weight is 274 g/mol. The lowest BCUT2D eigenvalue weighted by molar-refractivity contribution is -0.121. The van der Waals surface area contributed by atoms with Gasteiger partial charge >= 0.3 is 0 Å². The van der Waals surface area contributed by atoms with Gasteiger partial charge in [-0.1, -0.05) is 18.2 Å². The Bertz CT molecular complexity index is 572. The first-order valence-corrected chi connectivity index (χ1v) is 7.90. The molecule has 1 amide bonds. The van der Waals surface area contributed by atoms with Crippen LogP contribution in [-0.4, -0.2) is 28.4 Å². The number of aromatic nitrogens is 1. The number of carbonyl (C=O) groups excluding carboxylic acids is 1. The molecule has 2 aromatic rings. The molecular formula is C15H18N2OS. The van der Waals surface area contributed by atoms with Crippen LogP contribution >= 0.6 is 11.8 Å². The van der Waals surface area contributed by atoms with Crippen molar-refractivity contribution in [2.24, 2.45) is 0 Å². The standard InChI is InChI=1S/C15H18N2OS/c18-15(17-12-4-3-7-19-10-12)8-11-9-16-14-6-2-1-5-13(11)14/h1-2,5-6,9,12,16H,3-4,7-8,10H2,(H,17,18). The van der Waals surface area contributed by atoms with Crippen LogP contribution in [0.2, 0.25) is 0 Å². The van der Waals surface area contributed by atoms with Crippen LogP contribution in [0.4, 0.5) is 0 Å². The molecule has 4 heteroatoms. The van der Waals surface area contributed by atoms with Crippen molar-refractivity contribution in [3.63, 3.8) is 0 Å². The lowest BCUT2D eigenvalue weighted by Crippen LogP contribution is -2.39. The molecule has 19 heavy (non-hydrogen) atoms. The number of para-hydroxylation sites is 1. The van der Waals surface area contributed by atoms with Crippen LogP contribution in [0.1, 0.15) is 18.4 Å². The predicted molar refractivity (Wildman–Crippen MR) is 80.5 cm³/mol. The number of carbonyl (C=O) groups is 1. The molecule has 100 valence electrons. The van der Waals surface area contributed by atoms with Crippen molar-refractivity contribution < 1.29 is 4.79 Å². The molecular weight excluding hydrogens is 256 g/mol. The van der Waals surface area contributed by atoms with Gasteiger partial charge in [0.05, 0.1) is 6.42 Å². The topological polar surface area (TPSA) is 44.9 Å². The second-order valence-corrected chi connectivity index (χ2v) is 6.17. The van der Waals surface area contributed by atoms with E-state index in [0.29, 0.717) is 12.5 Å². The molecule has 2 heterocycles. The highest BCUT2D eigenvalue weighted by Crippen LogP contribution is 2.19. The second kappa shape index (κ2) is 5.70. The molecule has 0 saturated carbocycles. The molecule has 0 radical (unpaired) electrons. The first-order valence-electron chi connectivity index (χ1n) is 6.75. The lowest BCUT2D eigenvalue weighted by Gasteiger charge is -2.22. The molecule has 1 saturated heterocycles. The molecule has 1 aromatic carbocycles. The van der Waals surface area contributed by atoms with Crippen molar-refractivity contribution in [3.05, 3.63) is 36.0 Å². The largest absolute Gasteiger partial charge is 0.361 e. The number of rotatable bonds is 3. The zero-order valence-electron chi connectivity index (χ0n) is 10.8. The van der Waals surface area contributed by atoms with Gasteiger partial charge in [-0.2, -0.15) is 11.8 Å². The Hall–Kier alpha value is -1.42. The summed E-state index contributed by atoms with van der Waals surface area (Å²) in [6, 6.07) is 8.47. The van der Waals surface area contributed by atoms with Gasteiger partial charge in [-0.05, 0) is 30.2 Å². The third kappa shape index (κ3) is 2.95. The fourth-order valence-corrected chi connectivity index (χ4v) is 3.66. The molecule has 1 fully saturated rings. The van der Waals surface area contributed by atoms with Gasteiger partial charge in [0, 0.05) is 28.9 Å². The number of thioether (sulfide) groups is 1. The Morgan fingerprint density at radius 1 is 1.42 bits per heavy atom. The third-order valence-electron chi connectivity index (χ3n) is 3.55. The summed E-state index contributed by atoms with van der Waals surface area (Å²) in [5.74, 6) is 2.42. The van der Waals surface area contributed by atoms with Crippen molar-refractivity contribution in [3.8, 4) is 0 Å². The van der Waals surface area contributed by atoms with Gasteiger partial charge in [-0.3, -0.25) is 4.79 Å². The van der Waals surface area contributed by atoms with Crippen LogP contribution in [0.5, 0.6) is 0 Å². The van der Waals surface area contributed by atoms with E-state index in [0.717, 1.165) is 28.6 Å². The number of fused-ring (bicyclic) bond motifs is 1. The van der Waals surface area contributed by atoms with Crippen LogP contribution in [0.3, 0.4) is 0 Å². The highest BCUT2D eigenvalue weighted by molar-refractivity contribution is 7.99. The van der Waals surface area contributed by atoms with Crippen molar-refractivity contribution in [2.45, 2.75) is 25.3 Å². The monoisotopic (exact) mass is 274 g/mol. The minimum absolute atomic E-state index is 0.136. The van der Waals surface area contributed by atoms with Crippen LogP contribution in [0.15, 0.2) is 30.5 Å². The second-order valence-electron chi connectivity index (χ2n) is 5.02. The third-order valence-corrected chi connectivity index (χ3v) is 4.77. The summed E-state index contributed by atoms with van der Waals surface area (Å²) in [5.41, 5.74) is 2.18. The number of amides is 1. The van der Waals surface area contributed by atoms with Gasteiger partial charge in [-0.25, -0.2) is 0 Å². The van der Waals surface area contributed by atoms with E-state index in [4.69, 9.17) is 0 Å². The quantitative estimate of drug-likeness (QED) is 0.904. The highest BCUT2D eigenvalue weighted by Gasteiger charge is 2.16. The molecule has 1 aliphatic heterocycles. The smallest absolute Gasteiger partial charge is 0.224 e. The molecule has 1 unspecified atom stereocenters. The molecule has 0 aliphatic carbocycles. The van der Waals surface area contributed by atoms with Gasteiger partial charge in [0.15, 0.2) is 0 Å². The summed E-state index contributed by atoms with van der Waals surface area (Å²) in [6.45, 7) is 0. The first kappa shape index (κ1) is 12.6. The molecule has 3 rings (SSSR count). The summed E-state index contributed by atoms with van der Waals surface area (Å²) < 4.78 is 0. The molecule has 1 aliphatic rings. The highest BCUT2D eigenvalue weighted by atomic mass is 32.2. The van der Waals surface area contributed by atoms with Gasteiger partial charge < -0.3 is 10.3 Å². The Morgan fingerprint density at radius 3 is 3.16 bits per heavy atom. The fraction of sp³-hybridized carbons (Fsp3) is 0.400. The zero-order valence-corrected chi connectivity index (χ0v) is 11.6. The number of nitrogens with one attached hydrogen (secondary N) is 2. The Labute approximate surface area is 117 Å². The summed E-state index contributed by atoms with van der Waals surface area (Å²) >= 11 is 1.93. The average Bonchev–Trinajstić information content (AvgIpc) is 2.83. The molecule has 3 nitrogen and oxygen atoms in total. The Kier molecular flexibility index (Phi) is 3.78. The number of aromatic amines is 1. The minimum atomic E-state index is 0.136. The summed E-state index contributed by atoms with van der Waals surface area (Å²) in [7, 11) is 0. The SMILES string of the molecule is O=C(Cc1c[nH]c2ccccc12)NC1CCCSC1. The van der Waals surface area contributed by atoms with Crippen LogP contribution in [-0.2, 0) is 11.2 Å². The fourth-order valence-electron chi connectivity index (χ4n) is 2.58. The van der Waals surface area contributed by atoms with E-state index >= 15 is 0 Å². The van der Waals surface area contributed by atoms with Gasteiger partial charge in [0.2, 0.25) is 5.91 Å². The van der Waals surface area contributed by atoms with Crippen molar-refractivity contribution in [2.75, 3.05) is 11.5 Å². The molecule has 0 bridgehead atoms. The van der Waals surface area contributed by atoms with E-state index < -0.39 is 0 Å². The number of H-pyrrole nitrogens is 1. The summed E-state index contributed by atoms with van der Waals surface area (Å²) in [6.07, 6.45) is 4.74. The Morgan fingerprint density at radius 2 is 2.32 bits per heavy atom. The van der Waals surface area contributed by atoms with Crippen LogP contribution in [0, 0.1) is 0 Å². The van der Waals surface area contributed by atoms with Crippen LogP contribution < -0.4 is 5.32 Å². The normalized spacial score (nSPS) is 19.5. The van der Waals surface area contributed by atoms with E-state index in [-0.39, 0.29) is 5.91 Å².